The lowest BCUT2D eigenvalue weighted by atomic mass is 10.0. The molecule has 126 valence electrons. The van der Waals surface area contributed by atoms with Crippen LogP contribution in [0.3, 0.4) is 0 Å². The van der Waals surface area contributed by atoms with Gasteiger partial charge in [-0.3, -0.25) is 4.79 Å². The third-order valence-corrected chi connectivity index (χ3v) is 4.76. The van der Waals surface area contributed by atoms with Crippen molar-refractivity contribution in [2.45, 2.75) is 25.8 Å². The van der Waals surface area contributed by atoms with Gasteiger partial charge in [0.1, 0.15) is 5.82 Å². The zero-order valence-electron chi connectivity index (χ0n) is 14.2. The second-order valence-corrected chi connectivity index (χ2v) is 6.46. The number of halogens is 1. The molecular weight excluding hydrogens is 303 g/mol. The summed E-state index contributed by atoms with van der Waals surface area (Å²) in [5.41, 5.74) is 3.04. The van der Waals surface area contributed by atoms with Crippen LogP contribution in [-0.2, 0) is 0 Å². The molecule has 0 unspecified atom stereocenters. The highest BCUT2D eigenvalue weighted by Gasteiger charge is 2.24. The van der Waals surface area contributed by atoms with Gasteiger partial charge in [-0.2, -0.15) is 0 Å². The van der Waals surface area contributed by atoms with Crippen molar-refractivity contribution >= 4 is 5.91 Å². The van der Waals surface area contributed by atoms with Crippen molar-refractivity contribution in [1.82, 2.24) is 10.2 Å². The third kappa shape index (κ3) is 3.49. The van der Waals surface area contributed by atoms with Crippen LogP contribution in [0.25, 0.3) is 11.1 Å². The van der Waals surface area contributed by atoms with Gasteiger partial charge in [0.25, 0.3) is 5.91 Å². The molecule has 0 radical (unpaired) electrons. The molecule has 0 atom stereocenters. The molecule has 3 nitrogen and oxygen atoms in total. The van der Waals surface area contributed by atoms with E-state index >= 15 is 0 Å². The fourth-order valence-corrected chi connectivity index (χ4v) is 3.16. The molecule has 2 aromatic rings. The van der Waals surface area contributed by atoms with Crippen molar-refractivity contribution in [3.63, 3.8) is 0 Å². The van der Waals surface area contributed by atoms with Crippen molar-refractivity contribution in [1.29, 1.82) is 0 Å². The minimum atomic E-state index is -0.459. The van der Waals surface area contributed by atoms with Gasteiger partial charge in [0, 0.05) is 13.1 Å². The summed E-state index contributed by atoms with van der Waals surface area (Å²) in [4.78, 5) is 14.3. The van der Waals surface area contributed by atoms with E-state index in [4.69, 9.17) is 0 Å². The molecule has 0 aromatic heterocycles. The Hall–Kier alpha value is -2.20. The molecule has 3 rings (SSSR count). The second-order valence-electron chi connectivity index (χ2n) is 6.46. The van der Waals surface area contributed by atoms with Crippen LogP contribution < -0.4 is 5.32 Å². The zero-order chi connectivity index (χ0) is 17.1. The van der Waals surface area contributed by atoms with Gasteiger partial charge in [-0.05, 0) is 56.1 Å². The normalized spacial score (nSPS) is 15.3. The van der Waals surface area contributed by atoms with E-state index in [1.807, 2.05) is 37.3 Å². The second kappa shape index (κ2) is 7.14. The summed E-state index contributed by atoms with van der Waals surface area (Å²) in [5.74, 6) is -0.700. The summed E-state index contributed by atoms with van der Waals surface area (Å²) in [6.07, 6.45) is 1.82. The van der Waals surface area contributed by atoms with E-state index in [2.05, 4.69) is 5.32 Å². The van der Waals surface area contributed by atoms with Gasteiger partial charge >= 0.3 is 0 Å². The van der Waals surface area contributed by atoms with Crippen LogP contribution in [0.15, 0.2) is 42.5 Å². The number of amides is 1. The molecule has 0 aliphatic carbocycles. The predicted octanol–water partition coefficient (Wildman–Crippen LogP) is 3.63. The molecule has 0 spiro atoms. The van der Waals surface area contributed by atoms with Crippen molar-refractivity contribution in [2.24, 2.45) is 0 Å². The number of piperidine rings is 1. The molecule has 0 bridgehead atoms. The average molecular weight is 326 g/mol. The number of benzene rings is 2. The van der Waals surface area contributed by atoms with Gasteiger partial charge < -0.3 is 10.2 Å². The quantitative estimate of drug-likeness (QED) is 0.934. The maximum absolute atomic E-state index is 14.5. The molecule has 0 saturated carbocycles. The number of carbonyl (C=O) groups excluding carboxylic acids is 1. The van der Waals surface area contributed by atoms with E-state index in [1.54, 1.807) is 18.0 Å². The van der Waals surface area contributed by atoms with E-state index in [0.29, 0.717) is 0 Å². The molecule has 2 aromatic carbocycles. The Bertz CT molecular complexity index is 721. The number of nitrogens with one attached hydrogen (secondary N) is 1. The lowest BCUT2D eigenvalue weighted by Gasteiger charge is -2.31. The molecular formula is C20H23FN2O. The Morgan fingerprint density at radius 2 is 1.71 bits per heavy atom. The van der Waals surface area contributed by atoms with Gasteiger partial charge in [-0.1, -0.05) is 35.9 Å². The van der Waals surface area contributed by atoms with E-state index in [9.17, 15) is 9.18 Å². The summed E-state index contributed by atoms with van der Waals surface area (Å²) < 4.78 is 14.5. The first-order valence-corrected chi connectivity index (χ1v) is 8.41. The van der Waals surface area contributed by atoms with E-state index in [1.165, 1.54) is 6.07 Å². The summed E-state index contributed by atoms with van der Waals surface area (Å²) in [6.45, 7) is 3.82. The Kier molecular flexibility index (Phi) is 4.95. The topological polar surface area (TPSA) is 32.3 Å². The standard InChI is InChI=1S/C20H23FN2O/c1-14-3-5-15(6-4-14)16-7-8-18(19(21)13-16)20(24)23(2)17-9-11-22-12-10-17/h3-8,13,17,22H,9-12H2,1-2H3. The van der Waals surface area contributed by atoms with Crippen LogP contribution in [0.2, 0.25) is 0 Å². The lowest BCUT2D eigenvalue weighted by Crippen LogP contribution is -2.44. The first-order chi connectivity index (χ1) is 11.6. The van der Waals surface area contributed by atoms with Gasteiger partial charge in [-0.15, -0.1) is 0 Å². The highest BCUT2D eigenvalue weighted by atomic mass is 19.1. The molecule has 24 heavy (non-hydrogen) atoms. The summed E-state index contributed by atoms with van der Waals surface area (Å²) in [5, 5.41) is 3.28. The molecule has 1 N–H and O–H groups in total. The van der Waals surface area contributed by atoms with Crippen molar-refractivity contribution in [3.8, 4) is 11.1 Å². The first-order valence-electron chi connectivity index (χ1n) is 8.41. The Morgan fingerprint density at radius 1 is 1.08 bits per heavy atom. The van der Waals surface area contributed by atoms with Gasteiger partial charge in [0.15, 0.2) is 0 Å². The van der Waals surface area contributed by atoms with Crippen LogP contribution in [-0.4, -0.2) is 37.0 Å². The number of aryl methyl sites for hydroxylation is 1. The van der Waals surface area contributed by atoms with Crippen molar-refractivity contribution < 1.29 is 9.18 Å². The number of rotatable bonds is 3. The Morgan fingerprint density at radius 3 is 2.33 bits per heavy atom. The molecule has 1 fully saturated rings. The van der Waals surface area contributed by atoms with Crippen LogP contribution in [0.1, 0.15) is 28.8 Å². The fraction of sp³-hybridized carbons (Fsp3) is 0.350. The highest BCUT2D eigenvalue weighted by molar-refractivity contribution is 5.95. The lowest BCUT2D eigenvalue weighted by molar-refractivity contribution is 0.0698. The monoisotopic (exact) mass is 326 g/mol. The smallest absolute Gasteiger partial charge is 0.256 e. The first kappa shape index (κ1) is 16.7. The minimum Gasteiger partial charge on any atom is -0.339 e. The maximum atomic E-state index is 14.5. The van der Waals surface area contributed by atoms with Crippen molar-refractivity contribution in [3.05, 3.63) is 59.4 Å². The van der Waals surface area contributed by atoms with E-state index < -0.39 is 5.82 Å². The van der Waals surface area contributed by atoms with Crippen LogP contribution >= 0.6 is 0 Å². The molecule has 1 aliphatic heterocycles. The molecule has 1 amide bonds. The summed E-state index contributed by atoms with van der Waals surface area (Å²) >= 11 is 0. The van der Waals surface area contributed by atoms with Crippen LogP contribution in [0.4, 0.5) is 4.39 Å². The Labute approximate surface area is 142 Å². The highest BCUT2D eigenvalue weighted by Crippen LogP contribution is 2.24. The van der Waals surface area contributed by atoms with E-state index in [0.717, 1.165) is 42.6 Å². The predicted molar refractivity (Wildman–Crippen MR) is 94.6 cm³/mol. The molecule has 1 heterocycles. The third-order valence-electron chi connectivity index (χ3n) is 4.76. The van der Waals surface area contributed by atoms with Gasteiger partial charge in [0.2, 0.25) is 0 Å². The molecule has 4 heteroatoms. The zero-order valence-corrected chi connectivity index (χ0v) is 14.2. The maximum Gasteiger partial charge on any atom is 0.256 e. The molecule has 1 aliphatic rings. The largest absolute Gasteiger partial charge is 0.339 e. The summed E-state index contributed by atoms with van der Waals surface area (Å²) in [7, 11) is 1.77. The van der Waals surface area contributed by atoms with Gasteiger partial charge in [0.05, 0.1) is 5.56 Å². The number of carbonyl (C=O) groups is 1. The van der Waals surface area contributed by atoms with Gasteiger partial charge in [-0.25, -0.2) is 4.39 Å². The number of hydrogen-bond donors (Lipinski definition) is 1. The minimum absolute atomic E-state index is 0.145. The Balaban J connectivity index is 1.81. The SMILES string of the molecule is Cc1ccc(-c2ccc(C(=O)N(C)C3CCNCC3)c(F)c2)cc1. The fourth-order valence-electron chi connectivity index (χ4n) is 3.16. The van der Waals surface area contributed by atoms with Crippen molar-refractivity contribution in [2.75, 3.05) is 20.1 Å². The van der Waals surface area contributed by atoms with E-state index in [-0.39, 0.29) is 17.5 Å². The van der Waals surface area contributed by atoms with Crippen LogP contribution in [0, 0.1) is 12.7 Å². The van der Waals surface area contributed by atoms with Crippen LogP contribution in [0.5, 0.6) is 0 Å². The summed E-state index contributed by atoms with van der Waals surface area (Å²) in [6, 6.07) is 13.0. The molecule has 1 saturated heterocycles. The number of hydrogen-bond acceptors (Lipinski definition) is 2. The number of nitrogens with zero attached hydrogens (tertiary/aromatic N) is 1. The average Bonchev–Trinajstić information content (AvgIpc) is 2.62.